The fourth-order valence-corrected chi connectivity index (χ4v) is 4.45. The average Bonchev–Trinajstić information content (AvgIpc) is 2.74. The van der Waals surface area contributed by atoms with Crippen molar-refractivity contribution < 1.29 is 26.4 Å². The van der Waals surface area contributed by atoms with E-state index in [9.17, 15) is 21.6 Å². The fourth-order valence-electron chi connectivity index (χ4n) is 2.81. The summed E-state index contributed by atoms with van der Waals surface area (Å²) in [6, 6.07) is 18.6. The number of nitrogens with one attached hydrogen (secondary N) is 1. The van der Waals surface area contributed by atoms with Gasteiger partial charge in [0.1, 0.15) is 5.75 Å². The molecule has 3 aromatic carbocycles. The fraction of sp³-hybridized carbons (Fsp3) is 0.0909. The van der Waals surface area contributed by atoms with E-state index in [1.807, 2.05) is 4.72 Å². The Kier molecular flexibility index (Phi) is 7.26. The van der Waals surface area contributed by atoms with E-state index in [0.29, 0.717) is 12.1 Å². The first-order valence-corrected chi connectivity index (χ1v) is 12.6. The third-order valence-corrected chi connectivity index (χ3v) is 6.86. The summed E-state index contributed by atoms with van der Waals surface area (Å²) in [6.45, 7) is 1.95. The Bertz CT molecular complexity index is 1380. The van der Waals surface area contributed by atoms with Crippen molar-refractivity contribution in [1.82, 2.24) is 4.72 Å². The molecule has 0 heterocycles. The molecular weight excluding hydrogens is 466 g/mol. The van der Waals surface area contributed by atoms with E-state index < -0.39 is 26.1 Å². The van der Waals surface area contributed by atoms with Crippen LogP contribution in [0.5, 0.6) is 5.75 Å². The summed E-state index contributed by atoms with van der Waals surface area (Å²) < 4.78 is 54.2. The number of primary sulfonamides is 1. The van der Waals surface area contributed by atoms with E-state index >= 15 is 0 Å². The zero-order valence-electron chi connectivity index (χ0n) is 17.5. The molecule has 0 fully saturated rings. The number of carbonyl (C=O) groups excluding carboxylic acids is 1. The van der Waals surface area contributed by atoms with Gasteiger partial charge in [0.05, 0.1) is 16.3 Å². The van der Waals surface area contributed by atoms with Gasteiger partial charge in [0.25, 0.3) is 10.0 Å². The van der Waals surface area contributed by atoms with Crippen LogP contribution >= 0.6 is 0 Å². The van der Waals surface area contributed by atoms with Crippen LogP contribution in [0.3, 0.4) is 0 Å². The van der Waals surface area contributed by atoms with Crippen molar-refractivity contribution in [3.8, 4) is 5.75 Å². The summed E-state index contributed by atoms with van der Waals surface area (Å²) in [6.07, 6.45) is 0.475. The van der Waals surface area contributed by atoms with E-state index in [-0.39, 0.29) is 15.5 Å². The number of rotatable bonds is 7. The largest absolute Gasteiger partial charge is 0.426 e. The van der Waals surface area contributed by atoms with Gasteiger partial charge in [0.2, 0.25) is 10.0 Å². The lowest BCUT2D eigenvalue weighted by Gasteiger charge is -2.09. The van der Waals surface area contributed by atoms with Crippen molar-refractivity contribution in [2.45, 2.75) is 23.3 Å². The number of hydrogen-bond acceptors (Lipinski definition) is 7. The first kappa shape index (κ1) is 24.1. The number of aryl methyl sites for hydroxylation is 1. The normalized spacial score (nSPS) is 11.9. The molecule has 3 rings (SSSR count). The van der Waals surface area contributed by atoms with Gasteiger partial charge in [-0.1, -0.05) is 30.3 Å². The summed E-state index contributed by atoms with van der Waals surface area (Å²) in [5, 5.41) is 5.07. The van der Waals surface area contributed by atoms with Gasteiger partial charge < -0.3 is 4.74 Å². The quantitative estimate of drug-likeness (QED) is 0.490. The number of nitrogens with zero attached hydrogens (tertiary/aromatic N) is 1. The Morgan fingerprint density at radius 1 is 0.970 bits per heavy atom. The second-order valence-electron chi connectivity index (χ2n) is 6.99. The third-order valence-electron chi connectivity index (χ3n) is 4.46. The first-order valence-electron chi connectivity index (χ1n) is 9.56. The van der Waals surface area contributed by atoms with E-state index in [4.69, 9.17) is 9.88 Å². The second-order valence-corrected chi connectivity index (χ2v) is 10.2. The van der Waals surface area contributed by atoms with Crippen LogP contribution in [0.2, 0.25) is 0 Å². The minimum absolute atomic E-state index is 0.00667. The van der Waals surface area contributed by atoms with E-state index in [1.54, 1.807) is 55.6 Å². The maximum absolute atomic E-state index is 12.3. The topological polar surface area (TPSA) is 145 Å². The lowest BCUT2D eigenvalue weighted by molar-refractivity contribution is 0.207. The second kappa shape index (κ2) is 9.94. The smallest absolute Gasteiger partial charge is 0.410 e. The third kappa shape index (κ3) is 6.72. The molecule has 3 aromatic rings. The van der Waals surface area contributed by atoms with Gasteiger partial charge in [-0.25, -0.2) is 31.5 Å². The monoisotopic (exact) mass is 487 g/mol. The average molecular weight is 488 g/mol. The number of amides is 1. The van der Waals surface area contributed by atoms with Gasteiger partial charge >= 0.3 is 6.09 Å². The van der Waals surface area contributed by atoms with Crippen molar-refractivity contribution >= 4 is 32.4 Å². The molecule has 1 amide bonds. The predicted molar refractivity (Wildman–Crippen MR) is 123 cm³/mol. The number of aliphatic imine (C=N–C) groups is 1. The van der Waals surface area contributed by atoms with Gasteiger partial charge in [0.15, 0.2) is 0 Å². The highest BCUT2D eigenvalue weighted by molar-refractivity contribution is 7.90. The number of benzene rings is 3. The molecule has 33 heavy (non-hydrogen) atoms. The highest BCUT2D eigenvalue weighted by Crippen LogP contribution is 2.16. The molecule has 0 aliphatic rings. The summed E-state index contributed by atoms with van der Waals surface area (Å²) in [5.74, 6) is 0.156. The number of hydrogen-bond donors (Lipinski definition) is 2. The highest BCUT2D eigenvalue weighted by atomic mass is 32.2. The van der Waals surface area contributed by atoms with Gasteiger partial charge in [-0.05, 0) is 66.1 Å². The number of ether oxygens (including phenoxy) is 1. The molecule has 0 spiro atoms. The molecule has 0 saturated carbocycles. The lowest BCUT2D eigenvalue weighted by atomic mass is 10.2. The van der Waals surface area contributed by atoms with Gasteiger partial charge in [-0.2, -0.15) is 0 Å². The molecule has 0 atom stereocenters. The molecule has 0 saturated heterocycles. The Labute approximate surface area is 192 Å². The molecule has 3 N–H and O–H groups in total. The Balaban J connectivity index is 1.56. The molecule has 0 aliphatic heterocycles. The molecule has 0 aliphatic carbocycles. The van der Waals surface area contributed by atoms with E-state index in [2.05, 4.69) is 4.99 Å². The zero-order valence-corrected chi connectivity index (χ0v) is 19.1. The van der Waals surface area contributed by atoms with Crippen LogP contribution in [-0.2, 0) is 26.6 Å². The first-order chi connectivity index (χ1) is 15.5. The zero-order chi connectivity index (χ0) is 24.1. The minimum Gasteiger partial charge on any atom is -0.410 e. The lowest BCUT2D eigenvalue weighted by Crippen LogP contribution is -2.33. The summed E-state index contributed by atoms with van der Waals surface area (Å²) in [7, 11) is -7.79. The molecular formula is C22H21N3O6S2. The van der Waals surface area contributed by atoms with E-state index in [0.717, 1.165) is 11.1 Å². The maximum atomic E-state index is 12.3. The van der Waals surface area contributed by atoms with Crippen molar-refractivity contribution in [2.24, 2.45) is 10.1 Å². The van der Waals surface area contributed by atoms with Crippen molar-refractivity contribution in [2.75, 3.05) is 0 Å². The summed E-state index contributed by atoms with van der Waals surface area (Å²) in [5.41, 5.74) is 2.02. The van der Waals surface area contributed by atoms with Crippen LogP contribution in [0.15, 0.2) is 87.6 Å². The van der Waals surface area contributed by atoms with Crippen LogP contribution in [0.25, 0.3) is 0 Å². The van der Waals surface area contributed by atoms with Crippen LogP contribution in [0.4, 0.5) is 4.79 Å². The van der Waals surface area contributed by atoms with Crippen molar-refractivity contribution in [1.29, 1.82) is 0 Å². The standard InChI is InChI=1S/C22H21N3O6S2/c1-16-4-2-3-5-21(16)33(29,30)25-22(26)31-19-10-6-17(7-11-19)14-24-15-18-8-12-20(13-9-18)32(23,27)28/h2-14H,15H2,1H3,(H,25,26)(H2,23,27,28). The number of sulfonamides is 2. The Morgan fingerprint density at radius 3 is 2.21 bits per heavy atom. The van der Waals surface area contributed by atoms with Crippen LogP contribution < -0.4 is 14.6 Å². The van der Waals surface area contributed by atoms with Gasteiger partial charge in [-0.3, -0.25) is 4.99 Å². The molecule has 9 nitrogen and oxygen atoms in total. The number of carbonyl (C=O) groups is 1. The predicted octanol–water partition coefficient (Wildman–Crippen LogP) is 2.74. The molecule has 172 valence electrons. The highest BCUT2D eigenvalue weighted by Gasteiger charge is 2.20. The van der Waals surface area contributed by atoms with Crippen LogP contribution in [0.1, 0.15) is 16.7 Å². The van der Waals surface area contributed by atoms with E-state index in [1.165, 1.54) is 30.3 Å². The molecule has 0 bridgehead atoms. The van der Waals surface area contributed by atoms with Gasteiger partial charge in [-0.15, -0.1) is 0 Å². The van der Waals surface area contributed by atoms with Crippen LogP contribution in [0, 0.1) is 6.92 Å². The van der Waals surface area contributed by atoms with Crippen LogP contribution in [-0.4, -0.2) is 29.1 Å². The minimum atomic E-state index is -4.05. The van der Waals surface area contributed by atoms with Gasteiger partial charge in [0, 0.05) is 6.21 Å². The maximum Gasteiger partial charge on any atom is 0.426 e. The summed E-state index contributed by atoms with van der Waals surface area (Å²) in [4.78, 5) is 16.3. The number of nitrogens with two attached hydrogens (primary N) is 1. The Morgan fingerprint density at radius 2 is 1.61 bits per heavy atom. The molecule has 0 radical (unpaired) electrons. The van der Waals surface area contributed by atoms with Crippen molar-refractivity contribution in [3.63, 3.8) is 0 Å². The molecule has 0 aromatic heterocycles. The molecule has 11 heteroatoms. The Hall–Kier alpha value is -3.54. The van der Waals surface area contributed by atoms with Crippen molar-refractivity contribution in [3.05, 3.63) is 89.5 Å². The summed E-state index contributed by atoms with van der Waals surface area (Å²) >= 11 is 0. The molecule has 0 unspecified atom stereocenters. The SMILES string of the molecule is Cc1ccccc1S(=O)(=O)NC(=O)Oc1ccc(C=NCc2ccc(S(N)(=O)=O)cc2)cc1.